The van der Waals surface area contributed by atoms with Crippen molar-refractivity contribution in [2.24, 2.45) is 0 Å². The zero-order valence-electron chi connectivity index (χ0n) is 21.8. The van der Waals surface area contributed by atoms with E-state index < -0.39 is 33.4 Å². The normalized spacial score (nSPS) is 14.5. The number of carbonyl (C=O) groups excluding carboxylic acids is 2. The number of non-ortho nitro benzene ring substituents is 1. The maximum atomic E-state index is 13.7. The van der Waals surface area contributed by atoms with E-state index in [1.807, 2.05) is 0 Å². The maximum Gasteiger partial charge on any atom is 0.271 e. The van der Waals surface area contributed by atoms with Crippen LogP contribution in [0.5, 0.6) is 5.75 Å². The van der Waals surface area contributed by atoms with Crippen molar-refractivity contribution < 1.29 is 27.7 Å². The number of nitro benzene ring substituents is 1. The Labute approximate surface area is 223 Å². The minimum atomic E-state index is -4.00. The van der Waals surface area contributed by atoms with Crippen LogP contribution < -0.4 is 14.4 Å². The van der Waals surface area contributed by atoms with Crippen LogP contribution >= 0.6 is 0 Å². The van der Waals surface area contributed by atoms with Crippen LogP contribution in [0.25, 0.3) is 0 Å². The molecule has 2 amide bonds. The number of nitro groups is 1. The highest BCUT2D eigenvalue weighted by Crippen LogP contribution is 2.25. The smallest absolute Gasteiger partial charge is 0.271 e. The molecule has 1 unspecified atom stereocenters. The summed E-state index contributed by atoms with van der Waals surface area (Å²) in [6.45, 7) is 1.23. The number of sulfonamides is 1. The van der Waals surface area contributed by atoms with Gasteiger partial charge in [-0.2, -0.15) is 0 Å². The monoisotopic (exact) mass is 546 g/mol. The van der Waals surface area contributed by atoms with Gasteiger partial charge in [-0.3, -0.25) is 24.0 Å². The average Bonchev–Trinajstić information content (AvgIpc) is 3.39. The predicted molar refractivity (Wildman–Crippen MR) is 143 cm³/mol. The molecule has 0 saturated heterocycles. The zero-order chi connectivity index (χ0) is 27.9. The molecule has 1 fully saturated rings. The molecule has 2 aromatic carbocycles. The van der Waals surface area contributed by atoms with Crippen LogP contribution in [-0.2, 0) is 26.2 Å². The fraction of sp³-hybridized carbons (Fsp3) is 0.462. The maximum absolute atomic E-state index is 13.7. The minimum absolute atomic E-state index is 0.0112. The first-order chi connectivity index (χ1) is 18.0. The van der Waals surface area contributed by atoms with Crippen LogP contribution in [0.3, 0.4) is 0 Å². The number of nitrogens with zero attached hydrogens (tertiary/aromatic N) is 3. The number of methoxy groups -OCH3 is 1. The van der Waals surface area contributed by atoms with Crippen molar-refractivity contribution in [2.75, 3.05) is 24.2 Å². The molecule has 1 aliphatic rings. The molecule has 38 heavy (non-hydrogen) atoms. The first-order valence-electron chi connectivity index (χ1n) is 12.5. The molecule has 0 aliphatic heterocycles. The van der Waals surface area contributed by atoms with E-state index in [2.05, 4.69) is 5.32 Å². The van der Waals surface area contributed by atoms with Crippen molar-refractivity contribution in [3.8, 4) is 5.75 Å². The van der Waals surface area contributed by atoms with E-state index in [0.29, 0.717) is 12.2 Å². The number of anilines is 1. The Morgan fingerprint density at radius 3 is 2.37 bits per heavy atom. The quantitative estimate of drug-likeness (QED) is 0.318. The predicted octanol–water partition coefficient (Wildman–Crippen LogP) is 3.24. The molecule has 0 aromatic heterocycles. The summed E-state index contributed by atoms with van der Waals surface area (Å²) < 4.78 is 31.4. The number of carbonyl (C=O) groups is 2. The second kappa shape index (κ2) is 12.7. The fourth-order valence-corrected chi connectivity index (χ4v) is 5.43. The lowest BCUT2D eigenvalue weighted by Crippen LogP contribution is -2.53. The zero-order valence-corrected chi connectivity index (χ0v) is 22.6. The Hall–Kier alpha value is -3.67. The number of benzene rings is 2. The third-order valence-electron chi connectivity index (χ3n) is 6.61. The highest BCUT2D eigenvalue weighted by atomic mass is 32.2. The molecular weight excluding hydrogens is 512 g/mol. The first kappa shape index (κ1) is 28.9. The molecule has 12 heteroatoms. The van der Waals surface area contributed by atoms with Gasteiger partial charge in [0.2, 0.25) is 21.8 Å². The lowest BCUT2D eigenvalue weighted by Gasteiger charge is -2.33. The SMILES string of the molecule is CCC(C(=O)NC1CCCC1)N(Cc1ccc(OC)cc1)C(=O)CN(c1cccc([N+](=O)[O-])c1)S(C)(=O)=O. The summed E-state index contributed by atoms with van der Waals surface area (Å²) in [6.07, 6.45) is 5.06. The second-order valence-corrected chi connectivity index (χ2v) is 11.2. The van der Waals surface area contributed by atoms with Gasteiger partial charge in [0.15, 0.2) is 0 Å². The molecular formula is C26H34N4O7S. The van der Waals surface area contributed by atoms with Crippen molar-refractivity contribution >= 4 is 33.2 Å². The van der Waals surface area contributed by atoms with Crippen molar-refractivity contribution in [3.05, 3.63) is 64.2 Å². The summed E-state index contributed by atoms with van der Waals surface area (Å²) in [4.78, 5) is 39.0. The van der Waals surface area contributed by atoms with Gasteiger partial charge in [-0.15, -0.1) is 0 Å². The third-order valence-corrected chi connectivity index (χ3v) is 7.75. The minimum Gasteiger partial charge on any atom is -0.497 e. The number of amides is 2. The van der Waals surface area contributed by atoms with Gasteiger partial charge in [-0.1, -0.05) is 38.0 Å². The van der Waals surface area contributed by atoms with Gasteiger partial charge in [0, 0.05) is 24.7 Å². The number of hydrogen-bond donors (Lipinski definition) is 1. The molecule has 1 saturated carbocycles. The summed E-state index contributed by atoms with van der Waals surface area (Å²) >= 11 is 0. The summed E-state index contributed by atoms with van der Waals surface area (Å²) in [7, 11) is -2.46. The lowest BCUT2D eigenvalue weighted by atomic mass is 10.1. The van der Waals surface area contributed by atoms with Crippen molar-refractivity contribution in [3.63, 3.8) is 0 Å². The summed E-state index contributed by atoms with van der Waals surface area (Å²) in [5, 5.41) is 14.3. The molecule has 0 radical (unpaired) electrons. The van der Waals surface area contributed by atoms with Crippen LogP contribution in [0.4, 0.5) is 11.4 Å². The molecule has 0 heterocycles. The van der Waals surface area contributed by atoms with Crippen molar-refractivity contribution in [2.45, 2.75) is 57.7 Å². The summed E-state index contributed by atoms with van der Waals surface area (Å²) in [5.41, 5.74) is 0.413. The van der Waals surface area contributed by atoms with Crippen LogP contribution in [0, 0.1) is 10.1 Å². The van der Waals surface area contributed by atoms with E-state index >= 15 is 0 Å². The average molecular weight is 547 g/mol. The second-order valence-electron chi connectivity index (χ2n) is 9.33. The van der Waals surface area contributed by atoms with Gasteiger partial charge in [0.05, 0.1) is 24.0 Å². The van der Waals surface area contributed by atoms with E-state index in [0.717, 1.165) is 47.9 Å². The molecule has 2 aromatic rings. The number of nitrogens with one attached hydrogen (secondary N) is 1. The number of hydrogen-bond acceptors (Lipinski definition) is 7. The van der Waals surface area contributed by atoms with Gasteiger partial charge in [0.1, 0.15) is 18.3 Å². The van der Waals surface area contributed by atoms with Gasteiger partial charge < -0.3 is 15.0 Å². The fourth-order valence-electron chi connectivity index (χ4n) is 4.59. The molecule has 1 N–H and O–H groups in total. The first-order valence-corrected chi connectivity index (χ1v) is 14.3. The topological polar surface area (TPSA) is 139 Å². The van der Waals surface area contributed by atoms with E-state index in [-0.39, 0.29) is 29.9 Å². The standard InChI is InChI=1S/C26H34N4O7S/c1-4-24(26(32)27-20-8-5-6-9-20)28(17-19-12-14-23(37-2)15-13-19)25(31)18-29(38(3,35)36)21-10-7-11-22(16-21)30(33)34/h7,10-16,20,24H,4-6,8-9,17-18H2,1-3H3,(H,27,32). The van der Waals surface area contributed by atoms with Gasteiger partial charge in [0.25, 0.3) is 5.69 Å². The number of rotatable bonds is 12. The Morgan fingerprint density at radius 1 is 1.16 bits per heavy atom. The lowest BCUT2D eigenvalue weighted by molar-refractivity contribution is -0.384. The Balaban J connectivity index is 1.94. The largest absolute Gasteiger partial charge is 0.497 e. The molecule has 0 bridgehead atoms. The van der Waals surface area contributed by atoms with Crippen LogP contribution in [-0.4, -0.2) is 62.0 Å². The van der Waals surface area contributed by atoms with Crippen LogP contribution in [0.1, 0.15) is 44.6 Å². The summed E-state index contributed by atoms with van der Waals surface area (Å²) in [6, 6.07) is 11.3. The highest BCUT2D eigenvalue weighted by Gasteiger charge is 2.33. The van der Waals surface area contributed by atoms with Crippen molar-refractivity contribution in [1.82, 2.24) is 10.2 Å². The molecule has 11 nitrogen and oxygen atoms in total. The van der Waals surface area contributed by atoms with Gasteiger partial charge >= 0.3 is 0 Å². The van der Waals surface area contributed by atoms with E-state index in [4.69, 9.17) is 4.74 Å². The van der Waals surface area contributed by atoms with E-state index in [1.165, 1.54) is 23.1 Å². The molecule has 1 atom stereocenters. The number of ether oxygens (including phenoxy) is 1. The molecule has 1 aliphatic carbocycles. The Bertz CT molecular complexity index is 1240. The summed E-state index contributed by atoms with van der Waals surface area (Å²) in [5.74, 6) is -0.264. The Morgan fingerprint density at radius 2 is 1.82 bits per heavy atom. The van der Waals surface area contributed by atoms with Gasteiger partial charge in [-0.05, 0) is 43.0 Å². The van der Waals surface area contributed by atoms with Crippen LogP contribution in [0.15, 0.2) is 48.5 Å². The van der Waals surface area contributed by atoms with E-state index in [9.17, 15) is 28.1 Å². The highest BCUT2D eigenvalue weighted by molar-refractivity contribution is 7.92. The third kappa shape index (κ3) is 7.44. The van der Waals surface area contributed by atoms with Crippen molar-refractivity contribution in [1.29, 1.82) is 0 Å². The molecule has 206 valence electrons. The van der Waals surface area contributed by atoms with E-state index in [1.54, 1.807) is 38.3 Å². The van der Waals surface area contributed by atoms with Crippen LogP contribution in [0.2, 0.25) is 0 Å². The Kier molecular flexibility index (Phi) is 9.67. The molecule has 0 spiro atoms. The molecule has 3 rings (SSSR count). The van der Waals surface area contributed by atoms with Gasteiger partial charge in [-0.25, -0.2) is 8.42 Å².